The Hall–Kier alpha value is -3.95. The van der Waals surface area contributed by atoms with E-state index < -0.39 is 28.5 Å². The van der Waals surface area contributed by atoms with Gasteiger partial charge in [-0.2, -0.15) is 0 Å². The third-order valence-electron chi connectivity index (χ3n) is 7.60. The maximum Gasteiger partial charge on any atom is 0.264 e. The third kappa shape index (κ3) is 8.83. The van der Waals surface area contributed by atoms with Crippen LogP contribution in [-0.2, 0) is 32.6 Å². The van der Waals surface area contributed by atoms with Crippen LogP contribution in [0.2, 0.25) is 0 Å². The molecule has 2 amide bonds. The fourth-order valence-corrected chi connectivity index (χ4v) is 6.93. The van der Waals surface area contributed by atoms with Gasteiger partial charge in [-0.25, -0.2) is 8.42 Å². The van der Waals surface area contributed by atoms with Gasteiger partial charge >= 0.3 is 0 Å². The summed E-state index contributed by atoms with van der Waals surface area (Å²) in [5.74, 6) is -0.552. The predicted molar refractivity (Wildman–Crippen MR) is 184 cm³/mol. The molecule has 7 nitrogen and oxygen atoms in total. The topological polar surface area (TPSA) is 86.8 Å². The monoisotopic (exact) mass is 689 g/mol. The van der Waals surface area contributed by atoms with E-state index in [4.69, 9.17) is 0 Å². The van der Waals surface area contributed by atoms with Crippen molar-refractivity contribution < 1.29 is 18.0 Å². The van der Waals surface area contributed by atoms with Crippen molar-refractivity contribution in [2.24, 2.45) is 0 Å². The lowest BCUT2D eigenvalue weighted by Crippen LogP contribution is -2.53. The van der Waals surface area contributed by atoms with E-state index in [2.05, 4.69) is 35.1 Å². The second kappa shape index (κ2) is 15.4. The molecular weight excluding hydrogens is 650 g/mol. The number of nitrogens with one attached hydrogen (secondary N) is 1. The Balaban J connectivity index is 1.80. The van der Waals surface area contributed by atoms with Crippen LogP contribution in [0, 0.1) is 6.92 Å². The quantitative estimate of drug-likeness (QED) is 0.166. The molecule has 0 aliphatic rings. The number of anilines is 1. The molecule has 4 aromatic carbocycles. The first-order valence-electron chi connectivity index (χ1n) is 15.0. The standard InChI is InChI=1S/C36H40BrN3O4S/c1-5-38-36(42)34(23-28-10-7-6-8-11-28)39(24-29-12-9-13-31(37)22-29)35(41)25-40(32-18-16-30(17-19-32)26(2)3)45(43,44)33-20-14-27(4)15-21-33/h6-22,26,34H,5,23-25H2,1-4H3,(H,38,42). The summed E-state index contributed by atoms with van der Waals surface area (Å²) in [6.45, 7) is 7.85. The van der Waals surface area contributed by atoms with Crippen LogP contribution in [0.5, 0.6) is 0 Å². The van der Waals surface area contributed by atoms with Gasteiger partial charge < -0.3 is 10.2 Å². The Morgan fingerprint density at radius 2 is 1.49 bits per heavy atom. The molecule has 0 spiro atoms. The molecule has 1 unspecified atom stereocenters. The van der Waals surface area contributed by atoms with Crippen molar-refractivity contribution in [3.05, 3.63) is 130 Å². The predicted octanol–water partition coefficient (Wildman–Crippen LogP) is 6.85. The van der Waals surface area contributed by atoms with E-state index in [1.807, 2.05) is 80.6 Å². The van der Waals surface area contributed by atoms with Crippen molar-refractivity contribution in [2.75, 3.05) is 17.4 Å². The van der Waals surface area contributed by atoms with Crippen LogP contribution in [-0.4, -0.2) is 44.3 Å². The van der Waals surface area contributed by atoms with Crippen LogP contribution in [0.15, 0.2) is 112 Å². The van der Waals surface area contributed by atoms with Crippen molar-refractivity contribution in [1.82, 2.24) is 10.2 Å². The molecule has 1 N–H and O–H groups in total. The largest absolute Gasteiger partial charge is 0.355 e. The Labute approximate surface area is 275 Å². The number of sulfonamides is 1. The van der Waals surface area contributed by atoms with Gasteiger partial charge in [0.15, 0.2) is 0 Å². The van der Waals surface area contributed by atoms with E-state index >= 15 is 0 Å². The number of aryl methyl sites for hydroxylation is 1. The SMILES string of the molecule is CCNC(=O)C(Cc1ccccc1)N(Cc1cccc(Br)c1)C(=O)CN(c1ccc(C(C)C)cc1)S(=O)(=O)c1ccc(C)cc1. The molecule has 0 bridgehead atoms. The summed E-state index contributed by atoms with van der Waals surface area (Å²) in [6, 6.07) is 30.0. The number of benzene rings is 4. The van der Waals surface area contributed by atoms with Gasteiger partial charge in [-0.05, 0) is 72.9 Å². The van der Waals surface area contributed by atoms with Crippen LogP contribution in [0.1, 0.15) is 48.9 Å². The summed E-state index contributed by atoms with van der Waals surface area (Å²) in [5, 5.41) is 2.89. The maximum atomic E-state index is 14.5. The van der Waals surface area contributed by atoms with Crippen molar-refractivity contribution in [3.63, 3.8) is 0 Å². The molecule has 4 aromatic rings. The average molecular weight is 691 g/mol. The van der Waals surface area contributed by atoms with E-state index in [9.17, 15) is 18.0 Å². The van der Waals surface area contributed by atoms with Gasteiger partial charge in [0.1, 0.15) is 12.6 Å². The summed E-state index contributed by atoms with van der Waals surface area (Å²) in [5.41, 5.74) is 4.02. The first-order valence-corrected chi connectivity index (χ1v) is 17.3. The average Bonchev–Trinajstić information content (AvgIpc) is 3.02. The van der Waals surface area contributed by atoms with Gasteiger partial charge in [0, 0.05) is 24.0 Å². The van der Waals surface area contributed by atoms with Gasteiger partial charge in [-0.3, -0.25) is 13.9 Å². The summed E-state index contributed by atoms with van der Waals surface area (Å²) < 4.78 is 30.4. The molecular formula is C36H40BrN3O4S. The molecule has 0 aromatic heterocycles. The smallest absolute Gasteiger partial charge is 0.264 e. The van der Waals surface area contributed by atoms with Crippen LogP contribution >= 0.6 is 15.9 Å². The van der Waals surface area contributed by atoms with E-state index in [0.29, 0.717) is 12.2 Å². The molecule has 0 radical (unpaired) electrons. The molecule has 0 fully saturated rings. The van der Waals surface area contributed by atoms with Crippen molar-refractivity contribution in [3.8, 4) is 0 Å². The lowest BCUT2D eigenvalue weighted by Gasteiger charge is -2.34. The molecule has 236 valence electrons. The number of carbonyl (C=O) groups is 2. The van der Waals surface area contributed by atoms with Gasteiger partial charge in [-0.1, -0.05) is 102 Å². The highest BCUT2D eigenvalue weighted by molar-refractivity contribution is 9.10. The number of amides is 2. The molecule has 0 aliphatic carbocycles. The Kier molecular flexibility index (Phi) is 11.6. The van der Waals surface area contributed by atoms with Gasteiger partial charge in [0.2, 0.25) is 11.8 Å². The Bertz CT molecular complexity index is 1690. The van der Waals surface area contributed by atoms with E-state index in [0.717, 1.165) is 31.0 Å². The van der Waals surface area contributed by atoms with Crippen LogP contribution in [0.4, 0.5) is 5.69 Å². The highest BCUT2D eigenvalue weighted by Gasteiger charge is 2.34. The molecule has 45 heavy (non-hydrogen) atoms. The summed E-state index contributed by atoms with van der Waals surface area (Å²) in [6.07, 6.45) is 0.264. The Morgan fingerprint density at radius 1 is 0.844 bits per heavy atom. The number of hydrogen-bond acceptors (Lipinski definition) is 4. The number of likely N-dealkylation sites (N-methyl/N-ethyl adjacent to an activating group) is 1. The highest BCUT2D eigenvalue weighted by Crippen LogP contribution is 2.27. The number of carbonyl (C=O) groups excluding carboxylic acids is 2. The minimum Gasteiger partial charge on any atom is -0.355 e. The lowest BCUT2D eigenvalue weighted by molar-refractivity contribution is -0.140. The zero-order valence-electron chi connectivity index (χ0n) is 26.1. The van der Waals surface area contributed by atoms with Crippen molar-refractivity contribution >= 4 is 43.5 Å². The molecule has 0 saturated heterocycles. The van der Waals surface area contributed by atoms with Gasteiger partial charge in [-0.15, -0.1) is 0 Å². The first kappa shape index (κ1) is 33.9. The van der Waals surface area contributed by atoms with Crippen LogP contribution in [0.25, 0.3) is 0 Å². The van der Waals surface area contributed by atoms with Gasteiger partial charge in [0.25, 0.3) is 10.0 Å². The Morgan fingerprint density at radius 3 is 2.09 bits per heavy atom. The fraction of sp³-hybridized carbons (Fsp3) is 0.278. The summed E-state index contributed by atoms with van der Waals surface area (Å²) in [7, 11) is -4.15. The molecule has 0 saturated carbocycles. The van der Waals surface area contributed by atoms with Crippen LogP contribution < -0.4 is 9.62 Å². The summed E-state index contributed by atoms with van der Waals surface area (Å²) >= 11 is 3.51. The number of halogens is 1. The van der Waals surface area contributed by atoms with Crippen LogP contribution in [0.3, 0.4) is 0 Å². The van der Waals surface area contributed by atoms with E-state index in [-0.39, 0.29) is 29.7 Å². The molecule has 9 heteroatoms. The van der Waals surface area contributed by atoms with Crippen molar-refractivity contribution in [1.29, 1.82) is 0 Å². The zero-order valence-corrected chi connectivity index (χ0v) is 28.5. The second-order valence-corrected chi connectivity index (χ2v) is 14.1. The zero-order chi connectivity index (χ0) is 32.6. The van der Waals surface area contributed by atoms with E-state index in [1.165, 1.54) is 4.90 Å². The number of hydrogen-bond donors (Lipinski definition) is 1. The minimum atomic E-state index is -4.15. The summed E-state index contributed by atoms with van der Waals surface area (Å²) in [4.78, 5) is 29.7. The maximum absolute atomic E-state index is 14.5. The molecule has 0 heterocycles. The van der Waals surface area contributed by atoms with Gasteiger partial charge in [0.05, 0.1) is 10.6 Å². The minimum absolute atomic E-state index is 0.0805. The number of rotatable bonds is 13. The molecule has 4 rings (SSSR count). The molecule has 1 atom stereocenters. The fourth-order valence-electron chi connectivity index (χ4n) is 5.07. The first-order chi connectivity index (χ1) is 21.5. The number of nitrogens with zero attached hydrogens (tertiary/aromatic N) is 2. The highest BCUT2D eigenvalue weighted by atomic mass is 79.9. The third-order valence-corrected chi connectivity index (χ3v) is 9.88. The normalized spacial score (nSPS) is 12.0. The molecule has 0 aliphatic heterocycles. The second-order valence-electron chi connectivity index (χ2n) is 11.3. The lowest BCUT2D eigenvalue weighted by atomic mass is 10.0. The van der Waals surface area contributed by atoms with Crippen molar-refractivity contribution in [2.45, 2.75) is 57.5 Å². The van der Waals surface area contributed by atoms with E-state index in [1.54, 1.807) is 36.4 Å².